The maximum Gasteiger partial charge on any atom is 0.342 e. The van der Waals surface area contributed by atoms with Crippen LogP contribution < -0.4 is 4.74 Å². The minimum absolute atomic E-state index is 0.0192. The van der Waals surface area contributed by atoms with Gasteiger partial charge in [0.05, 0.1) is 0 Å². The van der Waals surface area contributed by atoms with Crippen molar-refractivity contribution in [3.05, 3.63) is 57.8 Å². The highest BCUT2D eigenvalue weighted by atomic mass is 79.9. The molecule has 0 bridgehead atoms. The van der Waals surface area contributed by atoms with Gasteiger partial charge in [-0.15, -0.1) is 0 Å². The van der Waals surface area contributed by atoms with E-state index in [0.29, 0.717) is 5.75 Å². The number of carboxylic acid groups (broad SMARTS) is 1. The molecule has 0 unspecified atom stereocenters. The van der Waals surface area contributed by atoms with Crippen LogP contribution in [0.5, 0.6) is 11.5 Å². The van der Waals surface area contributed by atoms with Crippen molar-refractivity contribution in [1.82, 2.24) is 0 Å². The van der Waals surface area contributed by atoms with Crippen molar-refractivity contribution in [3.63, 3.8) is 0 Å². The summed E-state index contributed by atoms with van der Waals surface area (Å²) < 4.78 is 19.8. The number of carbonyl (C=O) groups is 1. The van der Waals surface area contributed by atoms with Crippen molar-refractivity contribution in [2.45, 2.75) is 6.92 Å². The minimum atomic E-state index is -1.36. The van der Waals surface area contributed by atoms with Crippen molar-refractivity contribution in [2.24, 2.45) is 0 Å². The van der Waals surface area contributed by atoms with Crippen LogP contribution in [0.2, 0.25) is 0 Å². The van der Waals surface area contributed by atoms with Crippen LogP contribution in [0.3, 0.4) is 0 Å². The van der Waals surface area contributed by atoms with Gasteiger partial charge in [0.15, 0.2) is 0 Å². The molecule has 0 aliphatic rings. The standard InChI is InChI=1S/C14H10BrFO3/c1-8-7-9(5-6-10(8)15)19-12-4-2-3-11(16)13(12)14(17)18/h2-7H,1H3,(H,17,18). The van der Waals surface area contributed by atoms with Crippen LogP contribution in [-0.4, -0.2) is 11.1 Å². The molecule has 0 aromatic heterocycles. The fourth-order valence-electron chi connectivity index (χ4n) is 1.60. The minimum Gasteiger partial charge on any atom is -0.477 e. The first-order valence-corrected chi connectivity index (χ1v) is 6.24. The second-order valence-corrected chi connectivity index (χ2v) is 4.79. The summed E-state index contributed by atoms with van der Waals surface area (Å²) in [7, 11) is 0. The predicted octanol–water partition coefficient (Wildman–Crippen LogP) is 4.39. The monoisotopic (exact) mass is 324 g/mol. The zero-order valence-corrected chi connectivity index (χ0v) is 11.6. The molecule has 0 saturated carbocycles. The van der Waals surface area contributed by atoms with E-state index in [0.717, 1.165) is 16.1 Å². The van der Waals surface area contributed by atoms with E-state index in [1.54, 1.807) is 18.2 Å². The van der Waals surface area contributed by atoms with Gasteiger partial charge in [0.2, 0.25) is 0 Å². The Hall–Kier alpha value is -1.88. The van der Waals surface area contributed by atoms with E-state index in [-0.39, 0.29) is 5.75 Å². The zero-order valence-electron chi connectivity index (χ0n) is 9.98. The van der Waals surface area contributed by atoms with Gasteiger partial charge in [0, 0.05) is 4.47 Å². The van der Waals surface area contributed by atoms with Gasteiger partial charge in [0.1, 0.15) is 22.9 Å². The van der Waals surface area contributed by atoms with Gasteiger partial charge in [0.25, 0.3) is 0 Å². The summed E-state index contributed by atoms with van der Waals surface area (Å²) in [5.41, 5.74) is 0.467. The fourth-order valence-corrected chi connectivity index (χ4v) is 1.85. The van der Waals surface area contributed by atoms with Crippen molar-refractivity contribution >= 4 is 21.9 Å². The molecule has 0 radical (unpaired) electrons. The first-order valence-electron chi connectivity index (χ1n) is 5.45. The summed E-state index contributed by atoms with van der Waals surface area (Å²) >= 11 is 3.35. The van der Waals surface area contributed by atoms with E-state index in [9.17, 15) is 9.18 Å². The van der Waals surface area contributed by atoms with Crippen molar-refractivity contribution in [1.29, 1.82) is 0 Å². The Kier molecular flexibility index (Phi) is 3.85. The van der Waals surface area contributed by atoms with E-state index >= 15 is 0 Å². The van der Waals surface area contributed by atoms with Gasteiger partial charge in [-0.05, 0) is 42.8 Å². The third-order valence-electron chi connectivity index (χ3n) is 2.55. The van der Waals surface area contributed by atoms with E-state index in [1.807, 2.05) is 6.92 Å². The first-order chi connectivity index (χ1) is 8.99. The molecule has 5 heteroatoms. The molecule has 98 valence electrons. The first kappa shape index (κ1) is 13.5. The summed E-state index contributed by atoms with van der Waals surface area (Å²) in [5.74, 6) is -1.75. The number of carboxylic acids is 1. The normalized spacial score (nSPS) is 10.3. The molecule has 2 rings (SSSR count). The van der Waals surface area contributed by atoms with Gasteiger partial charge < -0.3 is 9.84 Å². The molecule has 1 N–H and O–H groups in total. The number of hydrogen-bond acceptors (Lipinski definition) is 2. The molecule has 0 heterocycles. The van der Waals surface area contributed by atoms with E-state index < -0.39 is 17.3 Å². The molecular weight excluding hydrogens is 315 g/mol. The molecule has 0 spiro atoms. The summed E-state index contributed by atoms with van der Waals surface area (Å²) in [6.07, 6.45) is 0. The highest BCUT2D eigenvalue weighted by molar-refractivity contribution is 9.10. The molecular formula is C14H10BrFO3. The smallest absolute Gasteiger partial charge is 0.342 e. The van der Waals surface area contributed by atoms with E-state index in [1.165, 1.54) is 12.1 Å². The largest absolute Gasteiger partial charge is 0.477 e. The van der Waals surface area contributed by atoms with E-state index in [2.05, 4.69) is 15.9 Å². The summed E-state index contributed by atoms with van der Waals surface area (Å²) in [4.78, 5) is 11.0. The lowest BCUT2D eigenvalue weighted by atomic mass is 10.2. The third-order valence-corrected chi connectivity index (χ3v) is 3.44. The second kappa shape index (κ2) is 5.40. The molecule has 0 aliphatic heterocycles. The van der Waals surface area contributed by atoms with Crippen LogP contribution in [0, 0.1) is 12.7 Å². The lowest BCUT2D eigenvalue weighted by Crippen LogP contribution is -2.03. The Bertz CT molecular complexity index is 641. The zero-order chi connectivity index (χ0) is 14.0. The Labute approximate surface area is 117 Å². The third kappa shape index (κ3) is 2.93. The van der Waals surface area contributed by atoms with Gasteiger partial charge in [-0.3, -0.25) is 0 Å². The highest BCUT2D eigenvalue weighted by Gasteiger charge is 2.17. The highest BCUT2D eigenvalue weighted by Crippen LogP contribution is 2.29. The van der Waals surface area contributed by atoms with Crippen LogP contribution in [0.15, 0.2) is 40.9 Å². The average Bonchev–Trinajstić information content (AvgIpc) is 2.33. The summed E-state index contributed by atoms with van der Waals surface area (Å²) in [6, 6.07) is 9.11. The molecule has 0 saturated heterocycles. The Morgan fingerprint density at radius 1 is 1.32 bits per heavy atom. The number of halogens is 2. The van der Waals surface area contributed by atoms with Gasteiger partial charge in [-0.1, -0.05) is 22.0 Å². The van der Waals surface area contributed by atoms with Gasteiger partial charge in [-0.25, -0.2) is 9.18 Å². The summed E-state index contributed by atoms with van der Waals surface area (Å²) in [6.45, 7) is 1.88. The van der Waals surface area contributed by atoms with Crippen LogP contribution in [0.25, 0.3) is 0 Å². The predicted molar refractivity (Wildman–Crippen MR) is 72.3 cm³/mol. The van der Waals surface area contributed by atoms with Crippen LogP contribution in [0.1, 0.15) is 15.9 Å². The van der Waals surface area contributed by atoms with Crippen molar-refractivity contribution < 1.29 is 19.0 Å². The average molecular weight is 325 g/mol. The maximum atomic E-state index is 13.5. The van der Waals surface area contributed by atoms with Crippen LogP contribution >= 0.6 is 15.9 Å². The Morgan fingerprint density at radius 2 is 2.05 bits per heavy atom. The van der Waals surface area contributed by atoms with E-state index in [4.69, 9.17) is 9.84 Å². The van der Waals surface area contributed by atoms with Gasteiger partial charge >= 0.3 is 5.97 Å². The SMILES string of the molecule is Cc1cc(Oc2cccc(F)c2C(=O)O)ccc1Br. The fraction of sp³-hybridized carbons (Fsp3) is 0.0714. The molecule has 19 heavy (non-hydrogen) atoms. The molecule has 3 nitrogen and oxygen atoms in total. The number of ether oxygens (including phenoxy) is 1. The quantitative estimate of drug-likeness (QED) is 0.910. The number of rotatable bonds is 3. The Morgan fingerprint density at radius 3 is 2.68 bits per heavy atom. The summed E-state index contributed by atoms with van der Waals surface area (Å²) in [5, 5.41) is 9.00. The molecule has 0 atom stereocenters. The molecule has 0 amide bonds. The second-order valence-electron chi connectivity index (χ2n) is 3.93. The molecule has 0 fully saturated rings. The van der Waals surface area contributed by atoms with Gasteiger partial charge in [-0.2, -0.15) is 0 Å². The van der Waals surface area contributed by atoms with Crippen LogP contribution in [0.4, 0.5) is 4.39 Å². The number of hydrogen-bond donors (Lipinski definition) is 1. The topological polar surface area (TPSA) is 46.5 Å². The number of benzene rings is 2. The molecule has 2 aromatic carbocycles. The maximum absolute atomic E-state index is 13.5. The lowest BCUT2D eigenvalue weighted by molar-refractivity contribution is 0.0689. The Balaban J connectivity index is 2.40. The number of aromatic carboxylic acids is 1. The molecule has 0 aliphatic carbocycles. The lowest BCUT2D eigenvalue weighted by Gasteiger charge is -2.10. The van der Waals surface area contributed by atoms with Crippen molar-refractivity contribution in [2.75, 3.05) is 0 Å². The number of aryl methyl sites for hydroxylation is 1. The van der Waals surface area contributed by atoms with Crippen molar-refractivity contribution in [3.8, 4) is 11.5 Å². The molecule has 2 aromatic rings. The van der Waals surface area contributed by atoms with Crippen LogP contribution in [-0.2, 0) is 0 Å².